The Morgan fingerprint density at radius 1 is 1.31 bits per heavy atom. The summed E-state index contributed by atoms with van der Waals surface area (Å²) in [7, 11) is 0. The monoisotopic (exact) mass is 219 g/mol. The van der Waals surface area contributed by atoms with Crippen LogP contribution in [0.5, 0.6) is 0 Å². The van der Waals surface area contributed by atoms with Gasteiger partial charge in [-0.05, 0) is 44.4 Å². The second-order valence-electron chi connectivity index (χ2n) is 4.41. The quantitative estimate of drug-likeness (QED) is 0.354. The Morgan fingerprint density at radius 2 is 2.00 bits per heavy atom. The lowest BCUT2D eigenvalue weighted by Crippen LogP contribution is -2.32. The van der Waals surface area contributed by atoms with Crippen molar-refractivity contribution in [3.8, 4) is 0 Å². The van der Waals surface area contributed by atoms with Crippen LogP contribution >= 0.6 is 0 Å². The number of nitrogens with two attached hydrogens (primary N) is 1. The van der Waals surface area contributed by atoms with Gasteiger partial charge < -0.3 is 5.43 Å². The molecule has 0 bridgehead atoms. The molecule has 0 aliphatic rings. The van der Waals surface area contributed by atoms with E-state index in [1.807, 2.05) is 13.8 Å². The van der Waals surface area contributed by atoms with Gasteiger partial charge in [-0.2, -0.15) is 0 Å². The van der Waals surface area contributed by atoms with Gasteiger partial charge in [-0.15, -0.1) is 0 Å². The first-order valence-corrected chi connectivity index (χ1v) is 5.62. The molecule has 0 aliphatic heterocycles. The smallest absolute Gasteiger partial charge is 0.115 e. The van der Waals surface area contributed by atoms with Crippen LogP contribution in [0, 0.1) is 13.8 Å². The third kappa shape index (κ3) is 3.66. The normalized spacial score (nSPS) is 12.0. The number of aryl methyl sites for hydroxylation is 2. The molecular weight excluding hydrogens is 198 g/mol. The summed E-state index contributed by atoms with van der Waals surface area (Å²) in [4.78, 5) is 4.42. The third-order valence-electron chi connectivity index (χ3n) is 2.52. The fourth-order valence-corrected chi connectivity index (χ4v) is 1.55. The topological polar surface area (TPSA) is 50.4 Å². The zero-order valence-corrected chi connectivity index (χ0v) is 10.5. The number of amidine groups is 1. The first-order valence-electron chi connectivity index (χ1n) is 5.62. The molecule has 0 radical (unpaired) electrons. The van der Waals surface area contributed by atoms with E-state index >= 15 is 0 Å². The van der Waals surface area contributed by atoms with Gasteiger partial charge in [0, 0.05) is 12.5 Å². The van der Waals surface area contributed by atoms with Crippen LogP contribution in [0.1, 0.15) is 30.5 Å². The van der Waals surface area contributed by atoms with Gasteiger partial charge in [0.1, 0.15) is 5.84 Å². The SMILES string of the molecule is Cc1ccc(CC(=NC(C)C)NN)cc1C. The summed E-state index contributed by atoms with van der Waals surface area (Å²) in [6.45, 7) is 8.31. The third-order valence-corrected chi connectivity index (χ3v) is 2.52. The Bertz CT molecular complexity index is 381. The van der Waals surface area contributed by atoms with Crippen molar-refractivity contribution in [2.75, 3.05) is 0 Å². The lowest BCUT2D eigenvalue weighted by atomic mass is 10.0. The van der Waals surface area contributed by atoms with Gasteiger partial charge in [0.25, 0.3) is 0 Å². The van der Waals surface area contributed by atoms with Gasteiger partial charge in [-0.1, -0.05) is 18.2 Å². The Balaban J connectivity index is 2.82. The molecule has 3 heteroatoms. The molecular formula is C13H21N3. The number of benzene rings is 1. The summed E-state index contributed by atoms with van der Waals surface area (Å²) in [5.74, 6) is 6.29. The van der Waals surface area contributed by atoms with E-state index < -0.39 is 0 Å². The van der Waals surface area contributed by atoms with Crippen LogP contribution in [-0.2, 0) is 6.42 Å². The summed E-state index contributed by atoms with van der Waals surface area (Å²) in [6.07, 6.45) is 0.760. The second-order valence-corrected chi connectivity index (χ2v) is 4.41. The fraction of sp³-hybridized carbons (Fsp3) is 0.462. The zero-order chi connectivity index (χ0) is 12.1. The predicted molar refractivity (Wildman–Crippen MR) is 69.5 cm³/mol. The average molecular weight is 219 g/mol. The summed E-state index contributed by atoms with van der Waals surface area (Å²) in [6, 6.07) is 6.70. The molecule has 0 unspecified atom stereocenters. The number of rotatable bonds is 3. The van der Waals surface area contributed by atoms with Crippen molar-refractivity contribution in [3.63, 3.8) is 0 Å². The van der Waals surface area contributed by atoms with E-state index in [4.69, 9.17) is 5.84 Å². The van der Waals surface area contributed by atoms with Crippen molar-refractivity contribution in [2.24, 2.45) is 10.8 Å². The van der Waals surface area contributed by atoms with Crippen LogP contribution in [0.3, 0.4) is 0 Å². The summed E-state index contributed by atoms with van der Waals surface area (Å²) < 4.78 is 0. The van der Waals surface area contributed by atoms with E-state index in [0.717, 1.165) is 12.3 Å². The highest BCUT2D eigenvalue weighted by Gasteiger charge is 2.02. The molecule has 3 N–H and O–H groups in total. The number of hydrogen-bond acceptors (Lipinski definition) is 2. The first kappa shape index (κ1) is 12.7. The van der Waals surface area contributed by atoms with Crippen LogP contribution in [-0.4, -0.2) is 11.9 Å². The van der Waals surface area contributed by atoms with Gasteiger partial charge >= 0.3 is 0 Å². The standard InChI is InChI=1S/C13H21N3/c1-9(2)15-13(16-14)8-12-6-5-10(3)11(4)7-12/h5-7,9H,8,14H2,1-4H3,(H,15,16). The molecule has 1 rings (SSSR count). The van der Waals surface area contributed by atoms with Gasteiger partial charge in [0.05, 0.1) is 0 Å². The minimum atomic E-state index is 0.262. The summed E-state index contributed by atoms with van der Waals surface area (Å²) in [5, 5.41) is 0. The number of nitrogens with zero attached hydrogens (tertiary/aromatic N) is 1. The fourth-order valence-electron chi connectivity index (χ4n) is 1.55. The first-order chi connectivity index (χ1) is 7.52. The maximum Gasteiger partial charge on any atom is 0.115 e. The number of aliphatic imine (C=N–C) groups is 1. The van der Waals surface area contributed by atoms with Gasteiger partial charge in [-0.25, -0.2) is 5.84 Å². The van der Waals surface area contributed by atoms with Crippen LogP contribution < -0.4 is 11.3 Å². The molecule has 0 spiro atoms. The molecule has 88 valence electrons. The number of nitrogens with one attached hydrogen (secondary N) is 1. The van der Waals surface area contributed by atoms with E-state index in [-0.39, 0.29) is 6.04 Å². The van der Waals surface area contributed by atoms with Crippen LogP contribution in [0.2, 0.25) is 0 Å². The molecule has 0 aromatic heterocycles. The number of hydrazine groups is 1. The molecule has 0 heterocycles. The second kappa shape index (κ2) is 5.66. The Kier molecular flexibility index (Phi) is 4.50. The molecule has 0 saturated heterocycles. The van der Waals surface area contributed by atoms with Crippen LogP contribution in [0.4, 0.5) is 0 Å². The number of hydrogen-bond donors (Lipinski definition) is 2. The molecule has 0 amide bonds. The summed E-state index contributed by atoms with van der Waals surface area (Å²) in [5.41, 5.74) is 6.52. The minimum Gasteiger partial charge on any atom is -0.312 e. The van der Waals surface area contributed by atoms with Crippen molar-refractivity contribution in [2.45, 2.75) is 40.2 Å². The van der Waals surface area contributed by atoms with E-state index in [0.29, 0.717) is 0 Å². The van der Waals surface area contributed by atoms with Crippen LogP contribution in [0.15, 0.2) is 23.2 Å². The highest BCUT2D eigenvalue weighted by Crippen LogP contribution is 2.10. The van der Waals surface area contributed by atoms with Gasteiger partial charge in [0.15, 0.2) is 0 Å². The molecule has 16 heavy (non-hydrogen) atoms. The van der Waals surface area contributed by atoms with Crippen molar-refractivity contribution >= 4 is 5.84 Å². The molecule has 0 saturated carbocycles. The molecule has 1 aromatic carbocycles. The lowest BCUT2D eigenvalue weighted by molar-refractivity contribution is 0.811. The highest BCUT2D eigenvalue weighted by molar-refractivity contribution is 5.84. The molecule has 3 nitrogen and oxygen atoms in total. The van der Waals surface area contributed by atoms with Crippen LogP contribution in [0.25, 0.3) is 0 Å². The lowest BCUT2D eigenvalue weighted by Gasteiger charge is -2.09. The average Bonchev–Trinajstić information content (AvgIpc) is 2.22. The zero-order valence-electron chi connectivity index (χ0n) is 10.5. The van der Waals surface area contributed by atoms with Crippen molar-refractivity contribution in [1.29, 1.82) is 0 Å². The highest BCUT2D eigenvalue weighted by atomic mass is 15.2. The predicted octanol–water partition coefficient (Wildman–Crippen LogP) is 2.12. The van der Waals surface area contributed by atoms with Crippen molar-refractivity contribution < 1.29 is 0 Å². The Morgan fingerprint density at radius 3 is 2.50 bits per heavy atom. The Hall–Kier alpha value is -1.35. The van der Waals surface area contributed by atoms with Gasteiger partial charge in [0.2, 0.25) is 0 Å². The minimum absolute atomic E-state index is 0.262. The summed E-state index contributed by atoms with van der Waals surface area (Å²) >= 11 is 0. The van der Waals surface area contributed by atoms with Crippen molar-refractivity contribution in [3.05, 3.63) is 34.9 Å². The molecule has 0 fully saturated rings. The van der Waals surface area contributed by atoms with Crippen molar-refractivity contribution in [1.82, 2.24) is 5.43 Å². The molecule has 0 atom stereocenters. The van der Waals surface area contributed by atoms with E-state index in [9.17, 15) is 0 Å². The Labute approximate surface area is 97.7 Å². The molecule has 1 aromatic rings. The van der Waals surface area contributed by atoms with E-state index in [1.54, 1.807) is 0 Å². The van der Waals surface area contributed by atoms with Gasteiger partial charge in [-0.3, -0.25) is 4.99 Å². The van der Waals surface area contributed by atoms with E-state index in [1.165, 1.54) is 16.7 Å². The maximum absolute atomic E-state index is 5.46. The maximum atomic E-state index is 5.46. The van der Waals surface area contributed by atoms with E-state index in [2.05, 4.69) is 42.5 Å². The largest absolute Gasteiger partial charge is 0.312 e. The molecule has 0 aliphatic carbocycles.